The molecule has 0 aliphatic rings. The molecule has 6 nitrogen and oxygen atoms in total. The van der Waals surface area contributed by atoms with Crippen LogP contribution in [-0.2, 0) is 10.0 Å². The van der Waals surface area contributed by atoms with Gasteiger partial charge in [0.2, 0.25) is 10.0 Å². The molecule has 0 radical (unpaired) electrons. The fourth-order valence-corrected chi connectivity index (χ4v) is 2.61. The smallest absolute Gasteiger partial charge is 0.251 e. The molecule has 0 saturated heterocycles. The molecular weight excluding hydrogens is 292 g/mol. The number of unbranched alkanes of at least 4 members (excludes halogenated alkanes) is 1. The normalized spacial score (nSPS) is 11.1. The first-order valence-corrected chi connectivity index (χ1v) is 8.53. The zero-order valence-electron chi connectivity index (χ0n) is 12.4. The number of hydrogen-bond donors (Lipinski definition) is 2. The largest absolute Gasteiger partial charge is 0.497 e. The van der Waals surface area contributed by atoms with Crippen LogP contribution in [0.4, 0.5) is 0 Å². The summed E-state index contributed by atoms with van der Waals surface area (Å²) in [6.45, 7) is 2.49. The average molecular weight is 314 g/mol. The number of ether oxygens (including phenoxy) is 1. The molecule has 1 aromatic rings. The molecule has 0 heterocycles. The van der Waals surface area contributed by atoms with Gasteiger partial charge in [-0.3, -0.25) is 4.79 Å². The first-order valence-electron chi connectivity index (χ1n) is 6.88. The van der Waals surface area contributed by atoms with Crippen LogP contribution in [0.25, 0.3) is 0 Å². The van der Waals surface area contributed by atoms with Gasteiger partial charge in [0.05, 0.1) is 12.9 Å². The molecule has 1 rings (SSSR count). The van der Waals surface area contributed by atoms with Crippen LogP contribution >= 0.6 is 0 Å². The number of amides is 1. The van der Waals surface area contributed by atoms with Crippen molar-refractivity contribution in [3.05, 3.63) is 29.8 Å². The van der Waals surface area contributed by atoms with Crippen LogP contribution in [0.2, 0.25) is 0 Å². The number of hydrogen-bond acceptors (Lipinski definition) is 4. The van der Waals surface area contributed by atoms with Gasteiger partial charge in [0.25, 0.3) is 5.91 Å². The second-order valence-electron chi connectivity index (χ2n) is 4.55. The van der Waals surface area contributed by atoms with Crippen LogP contribution in [0, 0.1) is 0 Å². The predicted octanol–water partition coefficient (Wildman–Crippen LogP) is 1.14. The highest BCUT2D eigenvalue weighted by Gasteiger charge is 2.11. The van der Waals surface area contributed by atoms with Crippen molar-refractivity contribution in [1.29, 1.82) is 0 Å². The second kappa shape index (κ2) is 8.63. The van der Waals surface area contributed by atoms with Crippen molar-refractivity contribution in [3.8, 4) is 5.75 Å². The molecule has 0 saturated carbocycles. The SMILES string of the molecule is CCCCNS(=O)(=O)CCNC(=O)c1cccc(OC)c1. The third-order valence-corrected chi connectivity index (χ3v) is 4.23. The number of rotatable bonds is 9. The Bertz CT molecular complexity index is 558. The minimum Gasteiger partial charge on any atom is -0.497 e. The van der Waals surface area contributed by atoms with E-state index in [0.717, 1.165) is 12.8 Å². The summed E-state index contributed by atoms with van der Waals surface area (Å²) in [5.74, 6) is 0.126. The Morgan fingerprint density at radius 2 is 2.05 bits per heavy atom. The fraction of sp³-hybridized carbons (Fsp3) is 0.500. The molecule has 1 amide bonds. The van der Waals surface area contributed by atoms with Crippen molar-refractivity contribution in [3.63, 3.8) is 0 Å². The van der Waals surface area contributed by atoms with Crippen molar-refractivity contribution in [2.75, 3.05) is 26.0 Å². The Morgan fingerprint density at radius 3 is 2.71 bits per heavy atom. The Hall–Kier alpha value is -1.60. The predicted molar refractivity (Wildman–Crippen MR) is 82.0 cm³/mol. The molecule has 0 unspecified atom stereocenters. The number of nitrogens with one attached hydrogen (secondary N) is 2. The van der Waals surface area contributed by atoms with Crippen LogP contribution in [0.3, 0.4) is 0 Å². The minimum absolute atomic E-state index is 0.0670. The zero-order chi connectivity index (χ0) is 15.7. The molecule has 21 heavy (non-hydrogen) atoms. The van der Waals surface area contributed by atoms with E-state index in [9.17, 15) is 13.2 Å². The van der Waals surface area contributed by atoms with Gasteiger partial charge < -0.3 is 10.1 Å². The summed E-state index contributed by atoms with van der Waals surface area (Å²) in [5.41, 5.74) is 0.436. The summed E-state index contributed by atoms with van der Waals surface area (Å²) in [6, 6.07) is 6.69. The van der Waals surface area contributed by atoms with Crippen LogP contribution in [0.15, 0.2) is 24.3 Å². The van der Waals surface area contributed by atoms with E-state index in [1.165, 1.54) is 7.11 Å². The molecule has 0 fully saturated rings. The Morgan fingerprint density at radius 1 is 1.29 bits per heavy atom. The van der Waals surface area contributed by atoms with E-state index in [1.54, 1.807) is 24.3 Å². The summed E-state index contributed by atoms with van der Waals surface area (Å²) in [5, 5.41) is 2.58. The number of sulfonamides is 1. The van der Waals surface area contributed by atoms with Crippen LogP contribution in [0.5, 0.6) is 5.75 Å². The van der Waals surface area contributed by atoms with Crippen LogP contribution in [0.1, 0.15) is 30.1 Å². The van der Waals surface area contributed by atoms with Crippen LogP contribution < -0.4 is 14.8 Å². The lowest BCUT2D eigenvalue weighted by Crippen LogP contribution is -2.34. The molecule has 118 valence electrons. The van der Waals surface area contributed by atoms with E-state index in [4.69, 9.17) is 4.74 Å². The quantitative estimate of drug-likeness (QED) is 0.670. The number of methoxy groups -OCH3 is 1. The van der Waals surface area contributed by atoms with E-state index >= 15 is 0 Å². The van der Waals surface area contributed by atoms with Gasteiger partial charge in [0.15, 0.2) is 0 Å². The van der Waals surface area contributed by atoms with Crippen molar-refractivity contribution in [1.82, 2.24) is 10.0 Å². The molecule has 7 heteroatoms. The van der Waals surface area contributed by atoms with Crippen molar-refractivity contribution in [2.45, 2.75) is 19.8 Å². The molecule has 0 spiro atoms. The van der Waals surface area contributed by atoms with Gasteiger partial charge in [-0.2, -0.15) is 0 Å². The maximum absolute atomic E-state index is 11.9. The molecule has 0 bridgehead atoms. The summed E-state index contributed by atoms with van der Waals surface area (Å²) in [4.78, 5) is 11.9. The molecule has 0 atom stereocenters. The maximum atomic E-state index is 11.9. The van der Waals surface area contributed by atoms with E-state index < -0.39 is 10.0 Å². The third kappa shape index (κ3) is 6.59. The highest BCUT2D eigenvalue weighted by Crippen LogP contribution is 2.12. The zero-order valence-corrected chi connectivity index (χ0v) is 13.2. The van der Waals surface area contributed by atoms with Gasteiger partial charge in [-0.1, -0.05) is 19.4 Å². The molecule has 0 aromatic heterocycles. The van der Waals surface area contributed by atoms with E-state index in [0.29, 0.717) is 17.9 Å². The fourth-order valence-electron chi connectivity index (χ4n) is 1.64. The first-order chi connectivity index (χ1) is 9.98. The topological polar surface area (TPSA) is 84.5 Å². The Labute approximate surface area is 125 Å². The molecule has 2 N–H and O–H groups in total. The minimum atomic E-state index is -3.33. The lowest BCUT2D eigenvalue weighted by molar-refractivity contribution is 0.0956. The van der Waals surface area contributed by atoms with Gasteiger partial charge in [-0.25, -0.2) is 13.1 Å². The highest BCUT2D eigenvalue weighted by molar-refractivity contribution is 7.89. The average Bonchev–Trinajstić information content (AvgIpc) is 2.47. The van der Waals surface area contributed by atoms with Gasteiger partial charge in [0.1, 0.15) is 5.75 Å². The van der Waals surface area contributed by atoms with Gasteiger partial charge >= 0.3 is 0 Å². The Balaban J connectivity index is 2.42. The summed E-state index contributed by atoms with van der Waals surface area (Å²) >= 11 is 0. The van der Waals surface area contributed by atoms with Gasteiger partial charge in [-0.05, 0) is 24.6 Å². The number of carbonyl (C=O) groups excluding carboxylic acids is 1. The van der Waals surface area contributed by atoms with Crippen molar-refractivity contribution in [2.24, 2.45) is 0 Å². The monoisotopic (exact) mass is 314 g/mol. The van der Waals surface area contributed by atoms with Crippen LogP contribution in [-0.4, -0.2) is 40.3 Å². The lowest BCUT2D eigenvalue weighted by atomic mass is 10.2. The van der Waals surface area contributed by atoms with E-state index in [2.05, 4.69) is 10.0 Å². The summed E-state index contributed by atoms with van der Waals surface area (Å²) in [6.07, 6.45) is 1.73. The summed E-state index contributed by atoms with van der Waals surface area (Å²) in [7, 11) is -1.81. The van der Waals surface area contributed by atoms with Crippen molar-refractivity contribution >= 4 is 15.9 Å². The first kappa shape index (κ1) is 17.5. The van der Waals surface area contributed by atoms with E-state index in [1.807, 2.05) is 6.92 Å². The molecule has 1 aromatic carbocycles. The van der Waals surface area contributed by atoms with E-state index in [-0.39, 0.29) is 18.2 Å². The lowest BCUT2D eigenvalue weighted by Gasteiger charge is -2.08. The maximum Gasteiger partial charge on any atom is 0.251 e. The van der Waals surface area contributed by atoms with Gasteiger partial charge in [-0.15, -0.1) is 0 Å². The highest BCUT2D eigenvalue weighted by atomic mass is 32.2. The number of benzene rings is 1. The standard InChI is InChI=1S/C14H22N2O4S/c1-3-4-8-16-21(18,19)10-9-15-14(17)12-6-5-7-13(11-12)20-2/h5-7,11,16H,3-4,8-10H2,1-2H3,(H,15,17). The van der Waals surface area contributed by atoms with Gasteiger partial charge in [0, 0.05) is 18.7 Å². The van der Waals surface area contributed by atoms with Crippen molar-refractivity contribution < 1.29 is 17.9 Å². The summed E-state index contributed by atoms with van der Waals surface area (Å²) < 4.78 is 30.8. The Kier molecular flexibility index (Phi) is 7.18. The molecule has 0 aliphatic carbocycles. The number of carbonyl (C=O) groups is 1. The third-order valence-electron chi connectivity index (χ3n) is 2.84. The molecular formula is C14H22N2O4S. The molecule has 0 aliphatic heterocycles. The second-order valence-corrected chi connectivity index (χ2v) is 6.48.